The van der Waals surface area contributed by atoms with Crippen LogP contribution >= 0.6 is 0 Å². The van der Waals surface area contributed by atoms with Gasteiger partial charge in [0.1, 0.15) is 5.75 Å². The monoisotopic (exact) mass is 248 g/mol. The van der Waals surface area contributed by atoms with E-state index < -0.39 is 0 Å². The van der Waals surface area contributed by atoms with Crippen LogP contribution in [0.25, 0.3) is 0 Å². The van der Waals surface area contributed by atoms with Crippen LogP contribution in [0.15, 0.2) is 24.3 Å². The van der Waals surface area contributed by atoms with Crippen molar-refractivity contribution in [2.75, 3.05) is 31.6 Å². The zero-order valence-electron chi connectivity index (χ0n) is 11.6. The van der Waals surface area contributed by atoms with Crippen LogP contribution < -0.4 is 15.0 Å². The first kappa shape index (κ1) is 13.2. The first-order chi connectivity index (χ1) is 8.72. The first-order valence-electron chi connectivity index (χ1n) is 6.83. The standard InChI is InChI=1S/C15H24N2O/c1-12(2)13-11-17(10-6-9-16-13)14-7-4-5-8-15(14)18-3/h4-5,7-8,12-13,16H,6,9-11H2,1-3H3. The molecule has 0 aromatic heterocycles. The van der Waals surface area contributed by atoms with Crippen LogP contribution in [-0.2, 0) is 0 Å². The maximum absolute atomic E-state index is 5.47. The quantitative estimate of drug-likeness (QED) is 0.889. The van der Waals surface area contributed by atoms with Gasteiger partial charge in [-0.3, -0.25) is 0 Å². The summed E-state index contributed by atoms with van der Waals surface area (Å²) in [4.78, 5) is 2.45. The highest BCUT2D eigenvalue weighted by molar-refractivity contribution is 5.58. The Bertz CT molecular complexity index is 379. The molecule has 1 N–H and O–H groups in total. The number of nitrogens with one attached hydrogen (secondary N) is 1. The molecule has 1 aliphatic rings. The molecule has 18 heavy (non-hydrogen) atoms. The lowest BCUT2D eigenvalue weighted by molar-refractivity contribution is 0.407. The predicted octanol–water partition coefficient (Wildman–Crippen LogP) is 2.52. The first-order valence-corrected chi connectivity index (χ1v) is 6.83. The van der Waals surface area contributed by atoms with Crippen LogP contribution in [0.4, 0.5) is 5.69 Å². The van der Waals surface area contributed by atoms with E-state index in [1.54, 1.807) is 7.11 Å². The van der Waals surface area contributed by atoms with E-state index in [9.17, 15) is 0 Å². The molecule has 0 amide bonds. The minimum absolute atomic E-state index is 0.553. The molecular weight excluding hydrogens is 224 g/mol. The van der Waals surface area contributed by atoms with Gasteiger partial charge in [-0.25, -0.2) is 0 Å². The number of hydrogen-bond donors (Lipinski definition) is 1. The van der Waals surface area contributed by atoms with Crippen molar-refractivity contribution in [3.63, 3.8) is 0 Å². The molecule has 1 fully saturated rings. The van der Waals surface area contributed by atoms with Crippen molar-refractivity contribution >= 4 is 5.69 Å². The second-order valence-corrected chi connectivity index (χ2v) is 5.28. The number of anilines is 1. The molecule has 0 saturated carbocycles. The Kier molecular flexibility index (Phi) is 4.48. The molecule has 1 heterocycles. The van der Waals surface area contributed by atoms with Gasteiger partial charge in [0.25, 0.3) is 0 Å². The van der Waals surface area contributed by atoms with Crippen molar-refractivity contribution in [1.29, 1.82) is 0 Å². The SMILES string of the molecule is COc1ccccc1N1CCCNC(C(C)C)C1. The number of nitrogens with zero attached hydrogens (tertiary/aromatic N) is 1. The van der Waals surface area contributed by atoms with Gasteiger partial charge >= 0.3 is 0 Å². The molecule has 3 nitrogen and oxygen atoms in total. The van der Waals surface area contributed by atoms with Gasteiger partial charge in [-0.1, -0.05) is 26.0 Å². The molecule has 1 unspecified atom stereocenters. The zero-order chi connectivity index (χ0) is 13.0. The lowest BCUT2D eigenvalue weighted by Gasteiger charge is -2.29. The fraction of sp³-hybridized carbons (Fsp3) is 0.600. The minimum Gasteiger partial charge on any atom is -0.495 e. The maximum atomic E-state index is 5.47. The van der Waals surface area contributed by atoms with E-state index in [0.29, 0.717) is 12.0 Å². The molecular formula is C15H24N2O. The summed E-state index contributed by atoms with van der Waals surface area (Å²) in [6, 6.07) is 8.86. The number of hydrogen-bond acceptors (Lipinski definition) is 3. The smallest absolute Gasteiger partial charge is 0.142 e. The van der Waals surface area contributed by atoms with Crippen molar-refractivity contribution in [1.82, 2.24) is 5.32 Å². The van der Waals surface area contributed by atoms with Crippen molar-refractivity contribution in [2.24, 2.45) is 5.92 Å². The van der Waals surface area contributed by atoms with E-state index >= 15 is 0 Å². The number of ether oxygens (including phenoxy) is 1. The van der Waals surface area contributed by atoms with Gasteiger partial charge in [-0.2, -0.15) is 0 Å². The molecule has 0 radical (unpaired) electrons. The van der Waals surface area contributed by atoms with E-state index in [1.165, 1.54) is 12.1 Å². The van der Waals surface area contributed by atoms with Gasteiger partial charge in [0.05, 0.1) is 12.8 Å². The lowest BCUT2D eigenvalue weighted by atomic mass is 10.0. The largest absolute Gasteiger partial charge is 0.495 e. The Morgan fingerprint density at radius 2 is 2.11 bits per heavy atom. The maximum Gasteiger partial charge on any atom is 0.142 e. The van der Waals surface area contributed by atoms with E-state index in [1.807, 2.05) is 12.1 Å². The van der Waals surface area contributed by atoms with Crippen LogP contribution in [0.5, 0.6) is 5.75 Å². The van der Waals surface area contributed by atoms with E-state index in [4.69, 9.17) is 4.74 Å². The van der Waals surface area contributed by atoms with Gasteiger partial charge in [0, 0.05) is 19.1 Å². The van der Waals surface area contributed by atoms with Gasteiger partial charge in [0.15, 0.2) is 0 Å². The lowest BCUT2D eigenvalue weighted by Crippen LogP contribution is -2.41. The molecule has 0 aliphatic carbocycles. The fourth-order valence-corrected chi connectivity index (χ4v) is 2.51. The molecule has 1 aromatic rings. The minimum atomic E-state index is 0.553. The summed E-state index contributed by atoms with van der Waals surface area (Å²) in [6.07, 6.45) is 1.18. The highest BCUT2D eigenvalue weighted by Crippen LogP contribution is 2.28. The highest BCUT2D eigenvalue weighted by Gasteiger charge is 2.21. The Labute approximate surface area is 110 Å². The Balaban J connectivity index is 2.19. The zero-order valence-corrected chi connectivity index (χ0v) is 11.6. The number of rotatable bonds is 3. The second kappa shape index (κ2) is 6.10. The molecule has 3 heteroatoms. The number of benzene rings is 1. The highest BCUT2D eigenvalue weighted by atomic mass is 16.5. The molecule has 0 bridgehead atoms. The van der Waals surface area contributed by atoms with Gasteiger partial charge in [-0.15, -0.1) is 0 Å². The van der Waals surface area contributed by atoms with E-state index in [-0.39, 0.29) is 0 Å². The van der Waals surface area contributed by atoms with Crippen molar-refractivity contribution in [3.05, 3.63) is 24.3 Å². The summed E-state index contributed by atoms with van der Waals surface area (Å²) < 4.78 is 5.47. The van der Waals surface area contributed by atoms with Crippen LogP contribution in [-0.4, -0.2) is 32.8 Å². The summed E-state index contributed by atoms with van der Waals surface area (Å²) in [6.45, 7) is 7.82. The average molecular weight is 248 g/mol. The second-order valence-electron chi connectivity index (χ2n) is 5.28. The number of para-hydroxylation sites is 2. The summed E-state index contributed by atoms with van der Waals surface area (Å²) in [5.74, 6) is 1.63. The molecule has 1 atom stereocenters. The van der Waals surface area contributed by atoms with Crippen LogP contribution in [0, 0.1) is 5.92 Å². The summed E-state index contributed by atoms with van der Waals surface area (Å²) in [5.41, 5.74) is 1.22. The van der Waals surface area contributed by atoms with Crippen molar-refractivity contribution < 1.29 is 4.74 Å². The average Bonchev–Trinajstić information content (AvgIpc) is 2.64. The third kappa shape index (κ3) is 2.96. The number of methoxy groups -OCH3 is 1. The van der Waals surface area contributed by atoms with Crippen LogP contribution in [0.1, 0.15) is 20.3 Å². The summed E-state index contributed by atoms with van der Waals surface area (Å²) in [7, 11) is 1.74. The molecule has 1 aromatic carbocycles. The summed E-state index contributed by atoms with van der Waals surface area (Å²) in [5, 5.41) is 3.64. The Morgan fingerprint density at radius 1 is 1.33 bits per heavy atom. The van der Waals surface area contributed by atoms with E-state index in [0.717, 1.165) is 25.4 Å². The Hall–Kier alpha value is -1.22. The molecule has 1 aliphatic heterocycles. The van der Waals surface area contributed by atoms with Crippen LogP contribution in [0.2, 0.25) is 0 Å². The Morgan fingerprint density at radius 3 is 2.83 bits per heavy atom. The van der Waals surface area contributed by atoms with Gasteiger partial charge in [0.2, 0.25) is 0 Å². The molecule has 1 saturated heterocycles. The van der Waals surface area contributed by atoms with Crippen LogP contribution in [0.3, 0.4) is 0 Å². The van der Waals surface area contributed by atoms with E-state index in [2.05, 4.69) is 36.2 Å². The topological polar surface area (TPSA) is 24.5 Å². The third-order valence-corrected chi connectivity index (χ3v) is 3.66. The molecule has 0 spiro atoms. The van der Waals surface area contributed by atoms with Crippen molar-refractivity contribution in [3.8, 4) is 5.75 Å². The molecule has 2 rings (SSSR count). The summed E-state index contributed by atoms with van der Waals surface area (Å²) >= 11 is 0. The fourth-order valence-electron chi connectivity index (χ4n) is 2.51. The third-order valence-electron chi connectivity index (χ3n) is 3.66. The van der Waals surface area contributed by atoms with Crippen molar-refractivity contribution in [2.45, 2.75) is 26.3 Å². The molecule has 100 valence electrons. The van der Waals surface area contributed by atoms with Gasteiger partial charge < -0.3 is 15.0 Å². The van der Waals surface area contributed by atoms with Gasteiger partial charge in [-0.05, 0) is 31.0 Å². The predicted molar refractivity (Wildman–Crippen MR) is 76.5 cm³/mol. The normalized spacial score (nSPS) is 20.9.